The van der Waals surface area contributed by atoms with Crippen LogP contribution in [-0.4, -0.2) is 10.2 Å². The molecule has 0 saturated heterocycles. The lowest BCUT2D eigenvalue weighted by Crippen LogP contribution is -2.20. The Morgan fingerprint density at radius 3 is 2.91 bits per heavy atom. The van der Waals surface area contributed by atoms with Crippen molar-refractivity contribution < 1.29 is 0 Å². The summed E-state index contributed by atoms with van der Waals surface area (Å²) in [4.78, 5) is 0. The molecule has 0 saturated carbocycles. The SMILES string of the molecule is C\C=C/C=c1/cn[nH]/c1=C/C. The Labute approximate surface area is 65.9 Å². The minimum Gasteiger partial charge on any atom is -0.278 e. The summed E-state index contributed by atoms with van der Waals surface area (Å²) in [6.45, 7) is 3.98. The first kappa shape index (κ1) is 7.79. The van der Waals surface area contributed by atoms with Crippen LogP contribution in [0.1, 0.15) is 13.8 Å². The molecule has 1 heterocycles. The summed E-state index contributed by atoms with van der Waals surface area (Å²) in [5, 5.41) is 9.02. The average Bonchev–Trinajstić information content (AvgIpc) is 2.47. The molecule has 1 rings (SSSR count). The second-order valence-electron chi connectivity index (χ2n) is 2.22. The molecule has 0 spiro atoms. The van der Waals surface area contributed by atoms with Crippen molar-refractivity contribution >= 4 is 12.2 Å². The highest BCUT2D eigenvalue weighted by Crippen LogP contribution is 1.69. The molecule has 0 aromatic carbocycles. The van der Waals surface area contributed by atoms with Crippen molar-refractivity contribution in [2.45, 2.75) is 13.8 Å². The topological polar surface area (TPSA) is 28.7 Å². The van der Waals surface area contributed by atoms with Gasteiger partial charge >= 0.3 is 0 Å². The van der Waals surface area contributed by atoms with Crippen LogP contribution in [0, 0.1) is 0 Å². The molecule has 2 heteroatoms. The van der Waals surface area contributed by atoms with E-state index >= 15 is 0 Å². The first-order valence-electron chi connectivity index (χ1n) is 3.67. The first-order valence-corrected chi connectivity index (χ1v) is 3.67. The maximum Gasteiger partial charge on any atom is 0.0607 e. The molecule has 1 N–H and O–H groups in total. The van der Waals surface area contributed by atoms with E-state index in [4.69, 9.17) is 0 Å². The predicted molar refractivity (Wildman–Crippen MR) is 47.3 cm³/mol. The number of allylic oxidation sites excluding steroid dienone is 2. The summed E-state index contributed by atoms with van der Waals surface area (Å²) in [5.74, 6) is 0. The fourth-order valence-electron chi connectivity index (χ4n) is 0.869. The maximum atomic E-state index is 3.92. The molecule has 0 fully saturated rings. The van der Waals surface area contributed by atoms with Gasteiger partial charge in [-0.1, -0.05) is 24.3 Å². The molecule has 0 aliphatic rings. The quantitative estimate of drug-likeness (QED) is 0.619. The summed E-state index contributed by atoms with van der Waals surface area (Å²) < 4.78 is 0. The number of aromatic nitrogens is 2. The summed E-state index contributed by atoms with van der Waals surface area (Å²) in [5.41, 5.74) is 0. The van der Waals surface area contributed by atoms with E-state index < -0.39 is 0 Å². The van der Waals surface area contributed by atoms with Gasteiger partial charge in [-0.2, -0.15) is 5.10 Å². The number of hydrogen-bond donors (Lipinski definition) is 1. The van der Waals surface area contributed by atoms with Crippen molar-refractivity contribution in [2.75, 3.05) is 0 Å². The Bertz CT molecular complexity index is 344. The molecule has 1 aromatic rings. The molecule has 0 aliphatic carbocycles. The van der Waals surface area contributed by atoms with Crippen molar-refractivity contribution in [3.63, 3.8) is 0 Å². The smallest absolute Gasteiger partial charge is 0.0607 e. The number of nitrogens with one attached hydrogen (secondary N) is 1. The third kappa shape index (κ3) is 1.80. The summed E-state index contributed by atoms with van der Waals surface area (Å²) in [6, 6.07) is 0. The van der Waals surface area contributed by atoms with Crippen molar-refractivity contribution in [1.29, 1.82) is 0 Å². The maximum absolute atomic E-state index is 3.92. The minimum absolute atomic E-state index is 1.07. The van der Waals surface area contributed by atoms with Crippen LogP contribution in [0.2, 0.25) is 0 Å². The molecular weight excluding hydrogens is 136 g/mol. The van der Waals surface area contributed by atoms with E-state index in [0.717, 1.165) is 10.6 Å². The van der Waals surface area contributed by atoms with Gasteiger partial charge in [0.2, 0.25) is 0 Å². The third-order valence-corrected chi connectivity index (χ3v) is 1.46. The van der Waals surface area contributed by atoms with Crippen LogP contribution in [0.4, 0.5) is 0 Å². The lowest BCUT2D eigenvalue weighted by atomic mass is 10.3. The van der Waals surface area contributed by atoms with Crippen LogP contribution in [0.15, 0.2) is 18.3 Å². The lowest BCUT2D eigenvalue weighted by Gasteiger charge is -1.73. The number of rotatable bonds is 1. The van der Waals surface area contributed by atoms with Gasteiger partial charge in [-0.05, 0) is 13.8 Å². The van der Waals surface area contributed by atoms with E-state index in [9.17, 15) is 0 Å². The van der Waals surface area contributed by atoms with Gasteiger partial charge < -0.3 is 0 Å². The van der Waals surface area contributed by atoms with E-state index in [-0.39, 0.29) is 0 Å². The fourth-order valence-corrected chi connectivity index (χ4v) is 0.869. The van der Waals surface area contributed by atoms with Crippen LogP contribution >= 0.6 is 0 Å². The van der Waals surface area contributed by atoms with Gasteiger partial charge in [-0.15, -0.1) is 0 Å². The van der Waals surface area contributed by atoms with Gasteiger partial charge in [0.15, 0.2) is 0 Å². The summed E-state index contributed by atoms with van der Waals surface area (Å²) in [7, 11) is 0. The molecule has 0 aliphatic heterocycles. The Morgan fingerprint density at radius 1 is 1.45 bits per heavy atom. The zero-order valence-corrected chi connectivity index (χ0v) is 6.83. The van der Waals surface area contributed by atoms with E-state index in [0.29, 0.717) is 0 Å². The molecular formula is C9H12N2. The van der Waals surface area contributed by atoms with Crippen molar-refractivity contribution in [3.05, 3.63) is 28.9 Å². The molecule has 0 amide bonds. The number of H-pyrrole nitrogens is 1. The van der Waals surface area contributed by atoms with Crippen molar-refractivity contribution in [2.24, 2.45) is 0 Å². The zero-order valence-electron chi connectivity index (χ0n) is 6.83. The van der Waals surface area contributed by atoms with Gasteiger partial charge in [0.05, 0.1) is 11.5 Å². The van der Waals surface area contributed by atoms with Crippen molar-refractivity contribution in [1.82, 2.24) is 10.2 Å². The second kappa shape index (κ2) is 3.76. The van der Waals surface area contributed by atoms with Gasteiger partial charge in [0.25, 0.3) is 0 Å². The molecule has 0 unspecified atom stereocenters. The highest BCUT2D eigenvalue weighted by molar-refractivity contribution is 5.36. The Hall–Kier alpha value is -1.31. The van der Waals surface area contributed by atoms with Gasteiger partial charge in [0.1, 0.15) is 0 Å². The van der Waals surface area contributed by atoms with Crippen molar-refractivity contribution in [3.8, 4) is 0 Å². The zero-order chi connectivity index (χ0) is 8.10. The van der Waals surface area contributed by atoms with E-state index in [1.807, 2.05) is 44.3 Å². The molecule has 0 radical (unpaired) electrons. The van der Waals surface area contributed by atoms with Crippen LogP contribution in [0.25, 0.3) is 12.2 Å². The van der Waals surface area contributed by atoms with E-state index in [1.54, 1.807) is 0 Å². The van der Waals surface area contributed by atoms with Crippen LogP contribution in [0.5, 0.6) is 0 Å². The standard InChI is InChI=1S/C9H12N2/c1-3-5-6-8-7-10-11-9(8)4-2/h3-7,11H,1-2H3/b5-3-,8-6-,9-4+. The minimum atomic E-state index is 1.07. The number of hydrogen-bond acceptors (Lipinski definition) is 1. The molecule has 11 heavy (non-hydrogen) atoms. The van der Waals surface area contributed by atoms with Crippen LogP contribution in [-0.2, 0) is 0 Å². The summed E-state index contributed by atoms with van der Waals surface area (Å²) >= 11 is 0. The van der Waals surface area contributed by atoms with Crippen LogP contribution in [0.3, 0.4) is 0 Å². The molecule has 2 nitrogen and oxygen atoms in total. The van der Waals surface area contributed by atoms with Crippen LogP contribution < -0.4 is 10.6 Å². The monoisotopic (exact) mass is 148 g/mol. The Kier molecular flexibility index (Phi) is 2.66. The fraction of sp³-hybridized carbons (Fsp3) is 0.222. The Morgan fingerprint density at radius 2 is 2.27 bits per heavy atom. The van der Waals surface area contributed by atoms with Gasteiger partial charge in [-0.25, -0.2) is 0 Å². The molecule has 1 aromatic heterocycles. The van der Waals surface area contributed by atoms with Gasteiger partial charge in [0, 0.05) is 5.22 Å². The van der Waals surface area contributed by atoms with Gasteiger partial charge in [-0.3, -0.25) is 5.10 Å². The number of aromatic amines is 1. The first-order chi connectivity index (χ1) is 5.38. The third-order valence-electron chi connectivity index (χ3n) is 1.46. The second-order valence-corrected chi connectivity index (χ2v) is 2.22. The largest absolute Gasteiger partial charge is 0.278 e. The number of nitrogens with zero attached hydrogens (tertiary/aromatic N) is 1. The summed E-state index contributed by atoms with van der Waals surface area (Å²) in [6.07, 6.45) is 9.83. The normalized spacial score (nSPS) is 15.1. The van der Waals surface area contributed by atoms with E-state index in [1.165, 1.54) is 0 Å². The Balaban J connectivity index is 3.23. The molecule has 0 atom stereocenters. The average molecular weight is 148 g/mol. The molecule has 0 bridgehead atoms. The highest BCUT2D eigenvalue weighted by atomic mass is 15.1. The highest BCUT2D eigenvalue weighted by Gasteiger charge is 1.81. The lowest BCUT2D eigenvalue weighted by molar-refractivity contribution is 1.06. The molecule has 58 valence electrons. The predicted octanol–water partition coefficient (Wildman–Crippen LogP) is 0.567. The van der Waals surface area contributed by atoms with E-state index in [2.05, 4.69) is 10.2 Å².